The topological polar surface area (TPSA) is 96.5 Å². The smallest absolute Gasteiger partial charge is 0.226 e. The Balaban J connectivity index is 4.91. The SMILES string of the molecule is CCCCNC(=O)CCC(C)(C)OCCC(C)(C)NC(=O)C(C)(C)CC(C)(C)NC(=O)C(C)(C)CC(C)(C)C. The van der Waals surface area contributed by atoms with E-state index in [2.05, 4.69) is 43.6 Å². The molecule has 0 unspecified atom stereocenters. The van der Waals surface area contributed by atoms with Gasteiger partial charge in [-0.3, -0.25) is 14.4 Å². The van der Waals surface area contributed by atoms with Crippen LogP contribution in [0, 0.1) is 16.2 Å². The maximum absolute atomic E-state index is 13.4. The molecule has 0 radical (unpaired) electrons. The highest BCUT2D eigenvalue weighted by Gasteiger charge is 2.40. The van der Waals surface area contributed by atoms with Gasteiger partial charge in [-0.1, -0.05) is 61.8 Å². The van der Waals surface area contributed by atoms with Crippen LogP contribution in [0.3, 0.4) is 0 Å². The van der Waals surface area contributed by atoms with Gasteiger partial charge in [0, 0.05) is 41.5 Å². The van der Waals surface area contributed by atoms with Gasteiger partial charge >= 0.3 is 0 Å². The van der Waals surface area contributed by atoms with Crippen molar-refractivity contribution in [3.05, 3.63) is 0 Å². The van der Waals surface area contributed by atoms with Crippen LogP contribution < -0.4 is 16.0 Å². The predicted octanol–water partition coefficient (Wildman–Crippen LogP) is 6.54. The second kappa shape index (κ2) is 14.3. The molecule has 0 aromatic heterocycles. The second-order valence-electron chi connectivity index (χ2n) is 15.9. The normalized spacial score (nSPS) is 13.7. The molecule has 7 nitrogen and oxygen atoms in total. The molecule has 0 aliphatic carbocycles. The summed E-state index contributed by atoms with van der Waals surface area (Å²) in [5.41, 5.74) is -2.59. The molecule has 0 aromatic rings. The number of rotatable bonds is 17. The highest BCUT2D eigenvalue weighted by Crippen LogP contribution is 2.35. The highest BCUT2D eigenvalue weighted by molar-refractivity contribution is 5.84. The first-order chi connectivity index (χ1) is 17.3. The van der Waals surface area contributed by atoms with Gasteiger partial charge in [-0.15, -0.1) is 0 Å². The lowest BCUT2D eigenvalue weighted by atomic mass is 9.74. The van der Waals surface area contributed by atoms with Crippen molar-refractivity contribution >= 4 is 17.7 Å². The number of amides is 3. The van der Waals surface area contributed by atoms with Crippen molar-refractivity contribution in [3.8, 4) is 0 Å². The van der Waals surface area contributed by atoms with Gasteiger partial charge in [0.1, 0.15) is 0 Å². The largest absolute Gasteiger partial charge is 0.375 e. The Morgan fingerprint density at radius 2 is 1.15 bits per heavy atom. The number of unbranched alkanes of at least 4 members (excludes halogenated alkanes) is 1. The molecule has 0 aliphatic rings. The van der Waals surface area contributed by atoms with Crippen LogP contribution in [0.4, 0.5) is 0 Å². The monoisotopic (exact) mass is 553 g/mol. The van der Waals surface area contributed by atoms with Crippen LogP contribution in [0.2, 0.25) is 0 Å². The fourth-order valence-electron chi connectivity index (χ4n) is 5.21. The zero-order valence-electron chi connectivity index (χ0n) is 28.0. The molecule has 0 fully saturated rings. The lowest BCUT2D eigenvalue weighted by Gasteiger charge is -2.40. The molecule has 39 heavy (non-hydrogen) atoms. The van der Waals surface area contributed by atoms with Gasteiger partial charge in [0.25, 0.3) is 0 Å². The minimum Gasteiger partial charge on any atom is -0.375 e. The predicted molar refractivity (Wildman–Crippen MR) is 162 cm³/mol. The van der Waals surface area contributed by atoms with Crippen LogP contribution in [0.15, 0.2) is 0 Å². The molecule has 0 atom stereocenters. The van der Waals surface area contributed by atoms with E-state index in [4.69, 9.17) is 4.74 Å². The van der Waals surface area contributed by atoms with Gasteiger partial charge in [-0.25, -0.2) is 0 Å². The maximum atomic E-state index is 13.4. The Morgan fingerprint density at radius 1 is 0.667 bits per heavy atom. The molecule has 230 valence electrons. The van der Waals surface area contributed by atoms with E-state index < -0.39 is 27.5 Å². The lowest BCUT2D eigenvalue weighted by Crippen LogP contribution is -2.55. The van der Waals surface area contributed by atoms with Crippen molar-refractivity contribution in [3.63, 3.8) is 0 Å². The van der Waals surface area contributed by atoms with Crippen LogP contribution in [-0.4, -0.2) is 47.6 Å². The maximum Gasteiger partial charge on any atom is 0.226 e. The van der Waals surface area contributed by atoms with Gasteiger partial charge < -0.3 is 20.7 Å². The van der Waals surface area contributed by atoms with Crippen LogP contribution in [0.5, 0.6) is 0 Å². The third-order valence-electron chi connectivity index (χ3n) is 7.02. The Bertz CT molecular complexity index is 805. The molecule has 7 heteroatoms. The third-order valence-corrected chi connectivity index (χ3v) is 7.02. The summed E-state index contributed by atoms with van der Waals surface area (Å²) in [6.07, 6.45) is 5.03. The van der Waals surface area contributed by atoms with Gasteiger partial charge in [0.05, 0.1) is 5.60 Å². The molecule has 0 aromatic carbocycles. The first-order valence-corrected chi connectivity index (χ1v) is 14.9. The van der Waals surface area contributed by atoms with E-state index in [1.54, 1.807) is 0 Å². The summed E-state index contributed by atoms with van der Waals surface area (Å²) in [7, 11) is 0. The molecular weight excluding hydrogens is 490 g/mol. The van der Waals surface area contributed by atoms with Crippen LogP contribution in [-0.2, 0) is 19.1 Å². The molecule has 0 heterocycles. The van der Waals surface area contributed by atoms with Gasteiger partial charge in [-0.2, -0.15) is 0 Å². The summed E-state index contributed by atoms with van der Waals surface area (Å²) in [6, 6.07) is 0. The Hall–Kier alpha value is -1.63. The number of carbonyl (C=O) groups excluding carboxylic acids is 3. The molecule has 0 aliphatic heterocycles. The van der Waals surface area contributed by atoms with Crippen molar-refractivity contribution in [1.82, 2.24) is 16.0 Å². The van der Waals surface area contributed by atoms with E-state index in [-0.39, 0.29) is 23.1 Å². The second-order valence-corrected chi connectivity index (χ2v) is 15.9. The molecule has 0 saturated heterocycles. The number of hydrogen-bond acceptors (Lipinski definition) is 4. The van der Waals surface area contributed by atoms with Crippen molar-refractivity contribution in [2.24, 2.45) is 16.2 Å². The standard InChI is InChI=1S/C32H63N3O4/c1-15-16-20-33-24(36)17-18-32(13,14)39-21-19-30(9,10)34-26(38)29(7,8)23-31(11,12)35-25(37)28(5,6)22-27(2,3)4/h15-23H2,1-14H3,(H,33,36)(H,34,38)(H,35,37). The minimum absolute atomic E-state index is 0.0113. The summed E-state index contributed by atoms with van der Waals surface area (Å²) in [5.74, 6) is 0.0239. The Labute approximate surface area is 240 Å². The summed E-state index contributed by atoms with van der Waals surface area (Å²) in [4.78, 5) is 38.5. The number of ether oxygens (including phenoxy) is 1. The van der Waals surface area contributed by atoms with Gasteiger partial charge in [-0.05, 0) is 79.1 Å². The van der Waals surface area contributed by atoms with Crippen LogP contribution in [0.25, 0.3) is 0 Å². The summed E-state index contributed by atoms with van der Waals surface area (Å²) in [5, 5.41) is 9.36. The quantitative estimate of drug-likeness (QED) is 0.178. The zero-order chi connectivity index (χ0) is 30.9. The number of nitrogens with one attached hydrogen (secondary N) is 3. The highest BCUT2D eigenvalue weighted by atomic mass is 16.5. The summed E-state index contributed by atoms with van der Waals surface area (Å²) in [6.45, 7) is 29.5. The van der Waals surface area contributed by atoms with E-state index in [1.165, 1.54) is 0 Å². The molecule has 3 amide bonds. The molecule has 0 spiro atoms. The summed E-state index contributed by atoms with van der Waals surface area (Å²) < 4.78 is 6.12. The molecule has 0 rings (SSSR count). The molecular formula is C32H63N3O4. The lowest BCUT2D eigenvalue weighted by molar-refractivity contribution is -0.136. The molecule has 0 bridgehead atoms. The van der Waals surface area contributed by atoms with Crippen molar-refractivity contribution in [2.75, 3.05) is 13.2 Å². The van der Waals surface area contributed by atoms with Crippen LogP contribution >= 0.6 is 0 Å². The molecule has 3 N–H and O–H groups in total. The first kappa shape index (κ1) is 37.4. The van der Waals surface area contributed by atoms with E-state index in [9.17, 15) is 14.4 Å². The molecule has 0 saturated carbocycles. The average Bonchev–Trinajstić information content (AvgIpc) is 2.69. The Kier molecular flexibility index (Phi) is 13.7. The fourth-order valence-corrected chi connectivity index (χ4v) is 5.21. The number of hydrogen-bond donors (Lipinski definition) is 3. The van der Waals surface area contributed by atoms with Crippen molar-refractivity contribution < 1.29 is 19.1 Å². The van der Waals surface area contributed by atoms with Crippen molar-refractivity contribution in [1.29, 1.82) is 0 Å². The number of carbonyl (C=O) groups is 3. The fraction of sp³-hybridized carbons (Fsp3) is 0.906. The van der Waals surface area contributed by atoms with E-state index in [0.29, 0.717) is 32.3 Å². The van der Waals surface area contributed by atoms with E-state index in [1.807, 2.05) is 69.2 Å². The van der Waals surface area contributed by atoms with E-state index in [0.717, 1.165) is 25.8 Å². The third kappa shape index (κ3) is 16.3. The van der Waals surface area contributed by atoms with Crippen molar-refractivity contribution in [2.45, 2.75) is 159 Å². The van der Waals surface area contributed by atoms with E-state index >= 15 is 0 Å². The Morgan fingerprint density at radius 3 is 1.64 bits per heavy atom. The minimum atomic E-state index is -0.687. The van der Waals surface area contributed by atoms with Gasteiger partial charge in [0.2, 0.25) is 17.7 Å². The first-order valence-electron chi connectivity index (χ1n) is 14.9. The average molecular weight is 554 g/mol. The van der Waals surface area contributed by atoms with Crippen LogP contribution in [0.1, 0.15) is 142 Å². The van der Waals surface area contributed by atoms with Gasteiger partial charge in [0.15, 0.2) is 0 Å². The zero-order valence-corrected chi connectivity index (χ0v) is 28.0. The summed E-state index contributed by atoms with van der Waals surface area (Å²) >= 11 is 0.